The molecule has 5 heteroatoms. The molecule has 0 bridgehead atoms. The van der Waals surface area contributed by atoms with E-state index in [1.54, 1.807) is 0 Å². The molecule has 0 spiro atoms. The van der Waals surface area contributed by atoms with Gasteiger partial charge in [-0.1, -0.05) is 0 Å². The number of carbonyl (C=O) groups excluding carboxylic acids is 1. The van der Waals surface area contributed by atoms with Crippen molar-refractivity contribution >= 4 is 5.91 Å². The molecule has 3 rings (SSSR count). The first-order valence-electron chi connectivity index (χ1n) is 9.11. The third kappa shape index (κ3) is 4.43. The molecular formula is C17H31N3O2. The van der Waals surface area contributed by atoms with Gasteiger partial charge in [-0.25, -0.2) is 0 Å². The van der Waals surface area contributed by atoms with Crippen LogP contribution in [-0.4, -0.2) is 84.2 Å². The van der Waals surface area contributed by atoms with Gasteiger partial charge >= 0.3 is 0 Å². The summed E-state index contributed by atoms with van der Waals surface area (Å²) in [4.78, 5) is 19.2. The molecule has 22 heavy (non-hydrogen) atoms. The van der Waals surface area contributed by atoms with Crippen molar-refractivity contribution in [2.45, 2.75) is 44.6 Å². The van der Waals surface area contributed by atoms with Gasteiger partial charge in [0.15, 0.2) is 0 Å². The summed E-state index contributed by atoms with van der Waals surface area (Å²) >= 11 is 0. The van der Waals surface area contributed by atoms with Gasteiger partial charge in [-0.2, -0.15) is 0 Å². The Morgan fingerprint density at radius 1 is 0.909 bits per heavy atom. The molecule has 3 heterocycles. The van der Waals surface area contributed by atoms with Crippen molar-refractivity contribution in [2.24, 2.45) is 5.92 Å². The lowest BCUT2D eigenvalue weighted by molar-refractivity contribution is -0.134. The SMILES string of the molecule is O=C(CN1CCC[C@H](O)C1)N1CCC(CN2CCCC2)CC1. The van der Waals surface area contributed by atoms with E-state index in [0.717, 1.165) is 51.2 Å². The van der Waals surface area contributed by atoms with Crippen LogP contribution in [0.5, 0.6) is 0 Å². The van der Waals surface area contributed by atoms with Crippen molar-refractivity contribution in [3.05, 3.63) is 0 Å². The molecule has 1 amide bonds. The zero-order valence-corrected chi connectivity index (χ0v) is 13.8. The third-order valence-electron chi connectivity index (χ3n) is 5.52. The molecule has 3 saturated heterocycles. The summed E-state index contributed by atoms with van der Waals surface area (Å²) in [6.07, 6.45) is 6.68. The number of likely N-dealkylation sites (tertiary alicyclic amines) is 3. The summed E-state index contributed by atoms with van der Waals surface area (Å²) in [5.41, 5.74) is 0. The largest absolute Gasteiger partial charge is 0.392 e. The van der Waals surface area contributed by atoms with Gasteiger partial charge in [0.2, 0.25) is 5.91 Å². The van der Waals surface area contributed by atoms with Crippen molar-refractivity contribution in [2.75, 3.05) is 52.4 Å². The molecule has 126 valence electrons. The number of aliphatic hydroxyl groups is 1. The highest BCUT2D eigenvalue weighted by molar-refractivity contribution is 5.78. The number of piperidine rings is 2. The van der Waals surface area contributed by atoms with Gasteiger partial charge in [0.25, 0.3) is 0 Å². The van der Waals surface area contributed by atoms with Crippen LogP contribution < -0.4 is 0 Å². The summed E-state index contributed by atoms with van der Waals surface area (Å²) in [5.74, 6) is 1.03. The lowest BCUT2D eigenvalue weighted by atomic mass is 9.96. The van der Waals surface area contributed by atoms with Gasteiger partial charge in [-0.05, 0) is 64.1 Å². The molecule has 0 aromatic heterocycles. The van der Waals surface area contributed by atoms with Gasteiger partial charge in [-0.15, -0.1) is 0 Å². The van der Waals surface area contributed by atoms with Crippen LogP contribution in [0.1, 0.15) is 38.5 Å². The number of β-amino-alcohol motifs (C(OH)–C–C–N with tert-alkyl or cyclic N) is 1. The monoisotopic (exact) mass is 309 g/mol. The minimum atomic E-state index is -0.243. The standard InChI is InChI=1S/C17H31N3O2/c21-16-4-3-9-19(13-16)14-17(22)20-10-5-15(6-11-20)12-18-7-1-2-8-18/h15-16,21H,1-14H2/t16-/m0/s1. The fourth-order valence-electron chi connectivity index (χ4n) is 4.16. The summed E-state index contributed by atoms with van der Waals surface area (Å²) in [6.45, 7) is 7.74. The van der Waals surface area contributed by atoms with Crippen LogP contribution in [0.25, 0.3) is 0 Å². The summed E-state index contributed by atoms with van der Waals surface area (Å²) in [5, 5.41) is 9.70. The summed E-state index contributed by atoms with van der Waals surface area (Å²) in [6, 6.07) is 0. The van der Waals surface area contributed by atoms with Gasteiger partial charge in [0.05, 0.1) is 12.6 Å². The maximum absolute atomic E-state index is 12.4. The minimum Gasteiger partial charge on any atom is -0.392 e. The first-order valence-corrected chi connectivity index (χ1v) is 9.11. The molecule has 1 N–H and O–H groups in total. The Hall–Kier alpha value is -0.650. The van der Waals surface area contributed by atoms with E-state index in [9.17, 15) is 9.90 Å². The van der Waals surface area contributed by atoms with Crippen LogP contribution in [0, 0.1) is 5.92 Å². The third-order valence-corrected chi connectivity index (χ3v) is 5.52. The van der Waals surface area contributed by atoms with Gasteiger partial charge in [0.1, 0.15) is 0 Å². The lowest BCUT2D eigenvalue weighted by Crippen LogP contribution is -2.48. The zero-order valence-electron chi connectivity index (χ0n) is 13.8. The molecule has 3 aliphatic heterocycles. The highest BCUT2D eigenvalue weighted by Crippen LogP contribution is 2.21. The first-order chi connectivity index (χ1) is 10.7. The zero-order chi connectivity index (χ0) is 15.4. The normalized spacial score (nSPS) is 29.1. The second-order valence-electron chi connectivity index (χ2n) is 7.36. The molecule has 0 aromatic rings. The molecule has 1 atom stereocenters. The van der Waals surface area contributed by atoms with Crippen molar-refractivity contribution in [3.8, 4) is 0 Å². The van der Waals surface area contributed by atoms with Crippen molar-refractivity contribution in [1.82, 2.24) is 14.7 Å². The van der Waals surface area contributed by atoms with E-state index in [-0.39, 0.29) is 12.0 Å². The van der Waals surface area contributed by atoms with Gasteiger partial charge < -0.3 is 14.9 Å². The molecule has 0 radical (unpaired) electrons. The first kappa shape index (κ1) is 16.2. The Kier molecular flexibility index (Phi) is 5.71. The van der Waals surface area contributed by atoms with Crippen LogP contribution in [0.3, 0.4) is 0 Å². The summed E-state index contributed by atoms with van der Waals surface area (Å²) in [7, 11) is 0. The molecule has 0 aromatic carbocycles. The minimum absolute atomic E-state index is 0.243. The van der Waals surface area contributed by atoms with E-state index >= 15 is 0 Å². The van der Waals surface area contributed by atoms with Gasteiger partial charge in [0, 0.05) is 26.2 Å². The Morgan fingerprint density at radius 2 is 1.59 bits per heavy atom. The van der Waals surface area contributed by atoms with Crippen molar-refractivity contribution < 1.29 is 9.90 Å². The highest BCUT2D eigenvalue weighted by Gasteiger charge is 2.27. The highest BCUT2D eigenvalue weighted by atomic mass is 16.3. The van der Waals surface area contributed by atoms with E-state index in [2.05, 4.69) is 9.80 Å². The van der Waals surface area contributed by atoms with E-state index in [4.69, 9.17) is 0 Å². The van der Waals surface area contributed by atoms with E-state index in [0.29, 0.717) is 13.1 Å². The number of amides is 1. The molecule has 5 nitrogen and oxygen atoms in total. The number of hydrogen-bond donors (Lipinski definition) is 1. The van der Waals surface area contributed by atoms with Crippen LogP contribution >= 0.6 is 0 Å². The predicted molar refractivity (Wildman–Crippen MR) is 86.7 cm³/mol. The average molecular weight is 309 g/mol. The van der Waals surface area contributed by atoms with Crippen LogP contribution in [0.15, 0.2) is 0 Å². The van der Waals surface area contributed by atoms with E-state index in [1.807, 2.05) is 4.90 Å². The van der Waals surface area contributed by atoms with Crippen molar-refractivity contribution in [1.29, 1.82) is 0 Å². The number of nitrogens with zero attached hydrogens (tertiary/aromatic N) is 3. The quantitative estimate of drug-likeness (QED) is 0.834. The van der Waals surface area contributed by atoms with E-state index in [1.165, 1.54) is 32.5 Å². The molecule has 0 unspecified atom stereocenters. The molecule has 0 aliphatic carbocycles. The number of carbonyl (C=O) groups is 1. The fourth-order valence-corrected chi connectivity index (χ4v) is 4.16. The molecule has 0 saturated carbocycles. The maximum Gasteiger partial charge on any atom is 0.236 e. The second-order valence-corrected chi connectivity index (χ2v) is 7.36. The number of aliphatic hydroxyl groups excluding tert-OH is 1. The average Bonchev–Trinajstić information content (AvgIpc) is 3.01. The predicted octanol–water partition coefficient (Wildman–Crippen LogP) is 0.778. The Labute approximate surface area is 134 Å². The van der Waals surface area contributed by atoms with Crippen LogP contribution in [0.4, 0.5) is 0 Å². The van der Waals surface area contributed by atoms with Crippen LogP contribution in [0.2, 0.25) is 0 Å². The van der Waals surface area contributed by atoms with E-state index < -0.39 is 0 Å². The topological polar surface area (TPSA) is 47.0 Å². The molecule has 3 aliphatic rings. The number of hydrogen-bond acceptors (Lipinski definition) is 4. The fraction of sp³-hybridized carbons (Fsp3) is 0.941. The second kappa shape index (κ2) is 7.75. The lowest BCUT2D eigenvalue weighted by Gasteiger charge is -2.36. The van der Waals surface area contributed by atoms with Crippen LogP contribution in [-0.2, 0) is 4.79 Å². The van der Waals surface area contributed by atoms with Gasteiger partial charge in [-0.3, -0.25) is 9.69 Å². The number of rotatable bonds is 4. The van der Waals surface area contributed by atoms with Crippen molar-refractivity contribution in [3.63, 3.8) is 0 Å². The Morgan fingerprint density at radius 3 is 2.27 bits per heavy atom. The maximum atomic E-state index is 12.4. The smallest absolute Gasteiger partial charge is 0.236 e. The molecule has 3 fully saturated rings. The summed E-state index contributed by atoms with van der Waals surface area (Å²) < 4.78 is 0. The molecular weight excluding hydrogens is 278 g/mol. The Balaban J connectivity index is 1.37. The Bertz CT molecular complexity index is 363.